The van der Waals surface area contributed by atoms with E-state index in [-0.39, 0.29) is 0 Å². The van der Waals surface area contributed by atoms with Crippen LogP contribution >= 0.6 is 0 Å². The zero-order valence-corrected chi connectivity index (χ0v) is 9.53. The molecule has 1 N–H and O–H groups in total. The van der Waals surface area contributed by atoms with Crippen molar-refractivity contribution >= 4 is 0 Å². The van der Waals surface area contributed by atoms with Crippen LogP contribution in [-0.2, 0) is 5.60 Å². The lowest BCUT2D eigenvalue weighted by Gasteiger charge is -2.29. The van der Waals surface area contributed by atoms with Crippen LogP contribution in [0.15, 0.2) is 18.5 Å². The molecule has 2 atom stereocenters. The van der Waals surface area contributed by atoms with E-state index in [1.165, 1.54) is 0 Å². The molecule has 1 heterocycles. The first-order valence-electron chi connectivity index (χ1n) is 5.81. The van der Waals surface area contributed by atoms with Crippen LogP contribution in [0.5, 0.6) is 0 Å². The summed E-state index contributed by atoms with van der Waals surface area (Å²) in [5, 5.41) is 10.7. The molecule has 82 valence electrons. The predicted molar refractivity (Wildman–Crippen MR) is 60.5 cm³/mol. The maximum atomic E-state index is 10.7. The van der Waals surface area contributed by atoms with Gasteiger partial charge in [0.1, 0.15) is 0 Å². The minimum absolute atomic E-state index is 0.404. The first kappa shape index (κ1) is 10.6. The standard InChI is InChI=1S/C13H19NO/c1-3-11-5-4-6-13(11,15)12-7-10(2)8-14-9-12/h7-9,11,15H,3-6H2,1-2H3. The molecule has 0 radical (unpaired) electrons. The Kier molecular flexibility index (Phi) is 2.79. The molecule has 2 unspecified atom stereocenters. The van der Waals surface area contributed by atoms with Gasteiger partial charge in [-0.2, -0.15) is 0 Å². The first-order valence-corrected chi connectivity index (χ1v) is 5.81. The number of aromatic nitrogens is 1. The Morgan fingerprint density at radius 1 is 1.53 bits per heavy atom. The van der Waals surface area contributed by atoms with Gasteiger partial charge in [0.15, 0.2) is 0 Å². The van der Waals surface area contributed by atoms with E-state index in [9.17, 15) is 5.11 Å². The van der Waals surface area contributed by atoms with Crippen LogP contribution in [0.25, 0.3) is 0 Å². The van der Waals surface area contributed by atoms with E-state index in [0.29, 0.717) is 5.92 Å². The molecule has 1 aliphatic carbocycles. The molecule has 2 heteroatoms. The molecule has 0 saturated heterocycles. The summed E-state index contributed by atoms with van der Waals surface area (Å²) in [6, 6.07) is 2.07. The number of rotatable bonds is 2. The minimum atomic E-state index is -0.617. The normalized spacial score (nSPS) is 30.7. The molecule has 0 aromatic carbocycles. The molecule has 0 amide bonds. The van der Waals surface area contributed by atoms with Gasteiger partial charge >= 0.3 is 0 Å². The summed E-state index contributed by atoms with van der Waals surface area (Å²) < 4.78 is 0. The van der Waals surface area contributed by atoms with E-state index in [1.54, 1.807) is 0 Å². The van der Waals surface area contributed by atoms with Crippen LogP contribution in [0, 0.1) is 12.8 Å². The van der Waals surface area contributed by atoms with Gasteiger partial charge in [-0.1, -0.05) is 19.4 Å². The molecule has 1 saturated carbocycles. The quantitative estimate of drug-likeness (QED) is 0.805. The highest BCUT2D eigenvalue weighted by molar-refractivity contribution is 5.25. The van der Waals surface area contributed by atoms with Crippen molar-refractivity contribution in [2.45, 2.75) is 45.1 Å². The number of nitrogens with zero attached hydrogens (tertiary/aromatic N) is 1. The molecule has 2 rings (SSSR count). The summed E-state index contributed by atoms with van der Waals surface area (Å²) in [5.74, 6) is 0.404. The lowest BCUT2D eigenvalue weighted by atomic mass is 9.83. The number of pyridine rings is 1. The summed E-state index contributed by atoms with van der Waals surface area (Å²) in [5.41, 5.74) is 1.52. The third-order valence-electron chi connectivity index (χ3n) is 3.65. The summed E-state index contributed by atoms with van der Waals surface area (Å²) in [7, 11) is 0. The Bertz CT molecular complexity index is 350. The average molecular weight is 205 g/mol. The molecular weight excluding hydrogens is 186 g/mol. The Morgan fingerprint density at radius 3 is 3.00 bits per heavy atom. The Labute approximate surface area is 91.4 Å². The van der Waals surface area contributed by atoms with Crippen molar-refractivity contribution in [3.8, 4) is 0 Å². The van der Waals surface area contributed by atoms with Crippen molar-refractivity contribution in [3.05, 3.63) is 29.6 Å². The number of hydrogen-bond acceptors (Lipinski definition) is 2. The van der Waals surface area contributed by atoms with Crippen molar-refractivity contribution in [2.24, 2.45) is 5.92 Å². The van der Waals surface area contributed by atoms with Gasteiger partial charge in [0, 0.05) is 18.0 Å². The maximum absolute atomic E-state index is 10.7. The van der Waals surface area contributed by atoms with Crippen molar-refractivity contribution < 1.29 is 5.11 Å². The van der Waals surface area contributed by atoms with Crippen LogP contribution in [0.2, 0.25) is 0 Å². The van der Waals surface area contributed by atoms with E-state index in [0.717, 1.165) is 36.8 Å². The molecule has 0 aliphatic heterocycles. The van der Waals surface area contributed by atoms with Gasteiger partial charge in [0.25, 0.3) is 0 Å². The lowest BCUT2D eigenvalue weighted by molar-refractivity contribution is -0.00422. The number of aryl methyl sites for hydroxylation is 1. The van der Waals surface area contributed by atoms with Gasteiger partial charge in [0.05, 0.1) is 5.60 Å². The molecule has 0 spiro atoms. The molecular formula is C13H19NO. The Morgan fingerprint density at radius 2 is 2.33 bits per heavy atom. The summed E-state index contributed by atoms with van der Waals surface area (Å²) in [4.78, 5) is 4.18. The highest BCUT2D eigenvalue weighted by Gasteiger charge is 2.41. The van der Waals surface area contributed by atoms with E-state index >= 15 is 0 Å². The van der Waals surface area contributed by atoms with Gasteiger partial charge in [0.2, 0.25) is 0 Å². The van der Waals surface area contributed by atoms with Crippen molar-refractivity contribution in [1.82, 2.24) is 4.98 Å². The first-order chi connectivity index (χ1) is 7.16. The van der Waals surface area contributed by atoms with Crippen LogP contribution in [0.3, 0.4) is 0 Å². The second-order valence-electron chi connectivity index (χ2n) is 4.67. The van der Waals surface area contributed by atoms with E-state index in [2.05, 4.69) is 18.0 Å². The fraction of sp³-hybridized carbons (Fsp3) is 0.615. The van der Waals surface area contributed by atoms with Crippen LogP contribution in [-0.4, -0.2) is 10.1 Å². The molecule has 2 nitrogen and oxygen atoms in total. The smallest absolute Gasteiger partial charge is 0.0939 e. The molecule has 0 bridgehead atoms. The summed E-state index contributed by atoms with van der Waals surface area (Å²) in [6.07, 6.45) is 7.86. The second kappa shape index (κ2) is 3.93. The van der Waals surface area contributed by atoms with Crippen LogP contribution < -0.4 is 0 Å². The Balaban J connectivity index is 2.36. The maximum Gasteiger partial charge on any atom is 0.0939 e. The third-order valence-corrected chi connectivity index (χ3v) is 3.65. The predicted octanol–water partition coefficient (Wildman–Crippen LogP) is 2.79. The largest absolute Gasteiger partial charge is 0.385 e. The lowest BCUT2D eigenvalue weighted by Crippen LogP contribution is -2.30. The van der Waals surface area contributed by atoms with E-state index < -0.39 is 5.60 Å². The topological polar surface area (TPSA) is 33.1 Å². The number of aliphatic hydroxyl groups is 1. The summed E-state index contributed by atoms with van der Waals surface area (Å²) in [6.45, 7) is 4.18. The van der Waals surface area contributed by atoms with Gasteiger partial charge < -0.3 is 5.11 Å². The van der Waals surface area contributed by atoms with Gasteiger partial charge in [-0.05, 0) is 37.7 Å². The second-order valence-corrected chi connectivity index (χ2v) is 4.67. The van der Waals surface area contributed by atoms with Crippen molar-refractivity contribution in [1.29, 1.82) is 0 Å². The molecule has 1 aliphatic rings. The number of hydrogen-bond donors (Lipinski definition) is 1. The highest BCUT2D eigenvalue weighted by Crippen LogP contribution is 2.44. The summed E-state index contributed by atoms with van der Waals surface area (Å²) >= 11 is 0. The monoisotopic (exact) mass is 205 g/mol. The molecule has 1 aromatic rings. The van der Waals surface area contributed by atoms with Crippen LogP contribution in [0.1, 0.15) is 43.7 Å². The highest BCUT2D eigenvalue weighted by atomic mass is 16.3. The van der Waals surface area contributed by atoms with E-state index in [4.69, 9.17) is 0 Å². The average Bonchev–Trinajstić information content (AvgIpc) is 2.61. The third kappa shape index (κ3) is 1.78. The van der Waals surface area contributed by atoms with Crippen molar-refractivity contribution in [2.75, 3.05) is 0 Å². The van der Waals surface area contributed by atoms with Gasteiger partial charge in [-0.25, -0.2) is 0 Å². The van der Waals surface area contributed by atoms with Gasteiger partial charge in [-0.15, -0.1) is 0 Å². The van der Waals surface area contributed by atoms with E-state index in [1.807, 2.05) is 19.3 Å². The molecule has 1 fully saturated rings. The van der Waals surface area contributed by atoms with Crippen LogP contribution in [0.4, 0.5) is 0 Å². The zero-order chi connectivity index (χ0) is 10.9. The SMILES string of the molecule is CCC1CCCC1(O)c1cncc(C)c1. The van der Waals surface area contributed by atoms with Crippen molar-refractivity contribution in [3.63, 3.8) is 0 Å². The Hall–Kier alpha value is -0.890. The molecule has 1 aromatic heterocycles. The minimum Gasteiger partial charge on any atom is -0.385 e. The molecule has 15 heavy (non-hydrogen) atoms. The zero-order valence-electron chi connectivity index (χ0n) is 9.53. The fourth-order valence-electron chi connectivity index (χ4n) is 2.77. The van der Waals surface area contributed by atoms with Gasteiger partial charge in [-0.3, -0.25) is 4.98 Å². The fourth-order valence-corrected chi connectivity index (χ4v) is 2.77.